The Bertz CT molecular complexity index is 845. The van der Waals surface area contributed by atoms with Crippen LogP contribution in [0.2, 0.25) is 0 Å². The molecular weight excluding hydrogens is 354 g/mol. The number of nitrogens with one attached hydrogen (secondary N) is 1. The number of piperazine rings is 1. The highest BCUT2D eigenvalue weighted by atomic mass is 16.6. The Morgan fingerprint density at radius 3 is 2.43 bits per heavy atom. The zero-order chi connectivity index (χ0) is 19.5. The van der Waals surface area contributed by atoms with Crippen molar-refractivity contribution in [1.29, 1.82) is 0 Å². The molecule has 1 saturated heterocycles. The van der Waals surface area contributed by atoms with Crippen molar-refractivity contribution in [3.63, 3.8) is 0 Å². The number of carbonyl (C=O) groups excluding carboxylic acids is 1. The predicted molar refractivity (Wildman–Crippen MR) is 111 cm³/mol. The second-order valence-corrected chi connectivity index (χ2v) is 7.48. The molecule has 0 aromatic heterocycles. The number of ether oxygens (including phenoxy) is 2. The number of benzene rings is 2. The highest BCUT2D eigenvalue weighted by Crippen LogP contribution is 2.33. The molecule has 1 N–H and O–H groups in total. The molecule has 0 aliphatic carbocycles. The maximum Gasteiger partial charge on any atom is 0.321 e. The maximum absolute atomic E-state index is 12.7. The summed E-state index contributed by atoms with van der Waals surface area (Å²) in [5, 5.41) is 2.98. The minimum Gasteiger partial charge on any atom is -0.486 e. The zero-order valence-electron chi connectivity index (χ0n) is 16.5. The number of rotatable bonds is 3. The van der Waals surface area contributed by atoms with Crippen molar-refractivity contribution < 1.29 is 14.3 Å². The van der Waals surface area contributed by atoms with Gasteiger partial charge in [-0.3, -0.25) is 0 Å². The Labute approximate surface area is 166 Å². The minimum atomic E-state index is -0.0755. The molecule has 6 heteroatoms. The van der Waals surface area contributed by atoms with Crippen molar-refractivity contribution in [2.75, 3.05) is 49.6 Å². The topological polar surface area (TPSA) is 54.0 Å². The molecule has 148 valence electrons. The largest absolute Gasteiger partial charge is 0.486 e. The molecule has 2 amide bonds. The molecule has 0 bridgehead atoms. The number of nitrogens with zero attached hydrogens (tertiary/aromatic N) is 2. The van der Waals surface area contributed by atoms with E-state index in [1.807, 2.05) is 23.1 Å². The van der Waals surface area contributed by atoms with Crippen LogP contribution in [0.3, 0.4) is 0 Å². The standard InChI is InChI=1S/C22H27N3O3/c1-16(2)18-5-3-4-6-19(18)24-9-11-25(12-10-24)22(26)23-17-7-8-20-21(15-17)28-14-13-27-20/h3-8,15-16H,9-14H2,1-2H3,(H,23,26). The van der Waals surface area contributed by atoms with E-state index >= 15 is 0 Å². The summed E-state index contributed by atoms with van der Waals surface area (Å²) in [6, 6.07) is 14.0. The van der Waals surface area contributed by atoms with Gasteiger partial charge in [0.05, 0.1) is 0 Å². The average molecular weight is 381 g/mol. The van der Waals surface area contributed by atoms with Gasteiger partial charge in [0.1, 0.15) is 13.2 Å². The first-order chi connectivity index (χ1) is 13.6. The van der Waals surface area contributed by atoms with Gasteiger partial charge in [-0.15, -0.1) is 0 Å². The molecule has 2 aromatic carbocycles. The molecule has 4 rings (SSSR count). The van der Waals surface area contributed by atoms with Gasteiger partial charge < -0.3 is 24.6 Å². The molecule has 2 heterocycles. The van der Waals surface area contributed by atoms with Crippen LogP contribution in [0, 0.1) is 0 Å². The Kier molecular flexibility index (Phi) is 5.28. The van der Waals surface area contributed by atoms with Crippen LogP contribution in [0.25, 0.3) is 0 Å². The van der Waals surface area contributed by atoms with E-state index in [1.54, 1.807) is 0 Å². The summed E-state index contributed by atoms with van der Waals surface area (Å²) < 4.78 is 11.1. The predicted octanol–water partition coefficient (Wildman–Crippen LogP) is 3.94. The third-order valence-electron chi connectivity index (χ3n) is 5.26. The number of hydrogen-bond donors (Lipinski definition) is 1. The average Bonchev–Trinajstić information content (AvgIpc) is 2.73. The third-order valence-corrected chi connectivity index (χ3v) is 5.26. The van der Waals surface area contributed by atoms with E-state index in [1.165, 1.54) is 11.3 Å². The summed E-state index contributed by atoms with van der Waals surface area (Å²) in [7, 11) is 0. The van der Waals surface area contributed by atoms with E-state index < -0.39 is 0 Å². The number of amides is 2. The first kappa shape index (κ1) is 18.5. The second kappa shape index (κ2) is 8.00. The summed E-state index contributed by atoms with van der Waals surface area (Å²) in [5.41, 5.74) is 3.36. The van der Waals surface area contributed by atoms with Crippen LogP contribution in [-0.2, 0) is 0 Å². The summed E-state index contributed by atoms with van der Waals surface area (Å²) in [6.45, 7) is 8.58. The lowest BCUT2D eigenvalue weighted by Gasteiger charge is -2.37. The fourth-order valence-corrected chi connectivity index (χ4v) is 3.74. The lowest BCUT2D eigenvalue weighted by atomic mass is 10.00. The summed E-state index contributed by atoms with van der Waals surface area (Å²) >= 11 is 0. The maximum atomic E-state index is 12.7. The van der Waals surface area contributed by atoms with E-state index in [4.69, 9.17) is 9.47 Å². The Hall–Kier alpha value is -2.89. The lowest BCUT2D eigenvalue weighted by Crippen LogP contribution is -2.50. The number of hydrogen-bond acceptors (Lipinski definition) is 4. The van der Waals surface area contributed by atoms with E-state index in [-0.39, 0.29) is 6.03 Å². The van der Waals surface area contributed by atoms with Crippen LogP contribution in [0.1, 0.15) is 25.3 Å². The van der Waals surface area contributed by atoms with Crippen molar-refractivity contribution in [1.82, 2.24) is 4.90 Å². The van der Waals surface area contributed by atoms with Crippen molar-refractivity contribution in [3.8, 4) is 11.5 Å². The Morgan fingerprint density at radius 1 is 0.964 bits per heavy atom. The van der Waals surface area contributed by atoms with Gasteiger partial charge in [0.2, 0.25) is 0 Å². The Balaban J connectivity index is 1.37. The quantitative estimate of drug-likeness (QED) is 0.875. The first-order valence-corrected chi connectivity index (χ1v) is 9.91. The monoisotopic (exact) mass is 381 g/mol. The van der Waals surface area contributed by atoms with Gasteiger partial charge in [-0.1, -0.05) is 32.0 Å². The van der Waals surface area contributed by atoms with Crippen LogP contribution < -0.4 is 19.7 Å². The van der Waals surface area contributed by atoms with Crippen LogP contribution in [0.4, 0.5) is 16.2 Å². The zero-order valence-corrected chi connectivity index (χ0v) is 16.5. The molecule has 2 aliphatic heterocycles. The van der Waals surface area contributed by atoms with Gasteiger partial charge in [-0.25, -0.2) is 4.79 Å². The molecule has 0 saturated carbocycles. The summed E-state index contributed by atoms with van der Waals surface area (Å²) in [4.78, 5) is 16.9. The lowest BCUT2D eigenvalue weighted by molar-refractivity contribution is 0.171. The second-order valence-electron chi connectivity index (χ2n) is 7.48. The SMILES string of the molecule is CC(C)c1ccccc1N1CCN(C(=O)Nc2ccc3c(c2)OCCO3)CC1. The van der Waals surface area contributed by atoms with Crippen LogP contribution in [-0.4, -0.2) is 50.3 Å². The van der Waals surface area contributed by atoms with Gasteiger partial charge in [-0.2, -0.15) is 0 Å². The van der Waals surface area contributed by atoms with E-state index in [0.717, 1.165) is 24.5 Å². The molecule has 6 nitrogen and oxygen atoms in total. The van der Waals surface area contributed by atoms with Crippen molar-refractivity contribution in [2.45, 2.75) is 19.8 Å². The van der Waals surface area contributed by atoms with Gasteiger partial charge in [0.15, 0.2) is 11.5 Å². The van der Waals surface area contributed by atoms with Gasteiger partial charge >= 0.3 is 6.03 Å². The Morgan fingerprint density at radius 2 is 1.68 bits per heavy atom. The molecule has 1 fully saturated rings. The van der Waals surface area contributed by atoms with Gasteiger partial charge in [0, 0.05) is 43.6 Å². The number of fused-ring (bicyclic) bond motifs is 1. The first-order valence-electron chi connectivity index (χ1n) is 9.91. The molecule has 2 aromatic rings. The molecule has 0 radical (unpaired) electrons. The highest BCUT2D eigenvalue weighted by molar-refractivity contribution is 5.90. The minimum absolute atomic E-state index is 0.0755. The van der Waals surface area contributed by atoms with Crippen molar-refractivity contribution in [2.24, 2.45) is 0 Å². The van der Waals surface area contributed by atoms with Crippen LogP contribution >= 0.6 is 0 Å². The molecule has 28 heavy (non-hydrogen) atoms. The number of carbonyl (C=O) groups is 1. The molecule has 2 aliphatic rings. The number of para-hydroxylation sites is 1. The fourth-order valence-electron chi connectivity index (χ4n) is 3.74. The van der Waals surface area contributed by atoms with E-state index in [2.05, 4.69) is 48.3 Å². The molecule has 0 atom stereocenters. The van der Waals surface area contributed by atoms with Crippen molar-refractivity contribution in [3.05, 3.63) is 48.0 Å². The number of anilines is 2. The number of urea groups is 1. The van der Waals surface area contributed by atoms with E-state index in [0.29, 0.717) is 38.0 Å². The van der Waals surface area contributed by atoms with E-state index in [9.17, 15) is 4.79 Å². The summed E-state index contributed by atoms with van der Waals surface area (Å²) in [5.74, 6) is 1.88. The van der Waals surface area contributed by atoms with Gasteiger partial charge in [0.25, 0.3) is 0 Å². The van der Waals surface area contributed by atoms with Crippen LogP contribution in [0.15, 0.2) is 42.5 Å². The van der Waals surface area contributed by atoms with Crippen LogP contribution in [0.5, 0.6) is 11.5 Å². The highest BCUT2D eigenvalue weighted by Gasteiger charge is 2.23. The third kappa shape index (κ3) is 3.86. The molecule has 0 unspecified atom stereocenters. The van der Waals surface area contributed by atoms with Gasteiger partial charge in [-0.05, 0) is 29.7 Å². The molecule has 0 spiro atoms. The summed E-state index contributed by atoms with van der Waals surface area (Å²) in [6.07, 6.45) is 0. The fraction of sp³-hybridized carbons (Fsp3) is 0.409. The smallest absolute Gasteiger partial charge is 0.321 e. The van der Waals surface area contributed by atoms with Crippen molar-refractivity contribution >= 4 is 17.4 Å². The molecular formula is C22H27N3O3. The normalized spacial score (nSPS) is 16.2.